The second kappa shape index (κ2) is 8.49. The fraction of sp³-hybridized carbons (Fsp3) is 0.467. The second-order valence-corrected chi connectivity index (χ2v) is 5.95. The zero-order valence-corrected chi connectivity index (χ0v) is 13.7. The summed E-state index contributed by atoms with van der Waals surface area (Å²) in [5.41, 5.74) is -0.345. The molecule has 8 nitrogen and oxygen atoms in total. The zero-order valence-electron chi connectivity index (χ0n) is 12.9. The molecule has 0 saturated heterocycles. The van der Waals surface area contributed by atoms with E-state index in [4.69, 9.17) is 16.3 Å². The van der Waals surface area contributed by atoms with Gasteiger partial charge in [-0.15, -0.1) is 0 Å². The third-order valence-electron chi connectivity index (χ3n) is 3.67. The minimum atomic E-state index is -0.687. The van der Waals surface area contributed by atoms with Gasteiger partial charge in [0.05, 0.1) is 4.92 Å². The molecule has 0 radical (unpaired) electrons. The molecule has 24 heavy (non-hydrogen) atoms. The van der Waals surface area contributed by atoms with Gasteiger partial charge in [0.1, 0.15) is 0 Å². The molecular formula is C15H18ClN3O5. The molecule has 0 aliphatic heterocycles. The number of nitro benzene ring substituents is 1. The van der Waals surface area contributed by atoms with E-state index in [0.717, 1.165) is 38.2 Å². The first-order valence-electron chi connectivity index (χ1n) is 7.63. The summed E-state index contributed by atoms with van der Waals surface area (Å²) in [6.07, 6.45) is 5.07. The molecule has 3 amide bonds. The lowest BCUT2D eigenvalue weighted by molar-refractivity contribution is -0.385. The number of amides is 3. The highest BCUT2D eigenvalue weighted by atomic mass is 35.5. The molecule has 130 valence electrons. The molecule has 9 heteroatoms. The summed E-state index contributed by atoms with van der Waals surface area (Å²) in [5, 5.41) is 16.0. The number of hydrogen-bond donors (Lipinski definition) is 2. The van der Waals surface area contributed by atoms with Crippen molar-refractivity contribution in [2.75, 3.05) is 6.61 Å². The monoisotopic (exact) mass is 355 g/mol. The Morgan fingerprint density at radius 2 is 2.00 bits per heavy atom. The maximum atomic E-state index is 11.7. The maximum absolute atomic E-state index is 11.7. The van der Waals surface area contributed by atoms with E-state index in [2.05, 4.69) is 10.6 Å². The van der Waals surface area contributed by atoms with E-state index in [1.807, 2.05) is 0 Å². The second-order valence-electron chi connectivity index (χ2n) is 5.51. The molecule has 0 bridgehead atoms. The Labute approximate surface area is 143 Å². The van der Waals surface area contributed by atoms with Crippen LogP contribution in [0.4, 0.5) is 10.5 Å². The summed E-state index contributed by atoms with van der Waals surface area (Å²) in [5.74, 6) is -0.778. The lowest BCUT2D eigenvalue weighted by Gasteiger charge is -2.22. The van der Waals surface area contributed by atoms with Crippen molar-refractivity contribution >= 4 is 29.2 Å². The van der Waals surface area contributed by atoms with Crippen LogP contribution in [0.5, 0.6) is 5.75 Å². The van der Waals surface area contributed by atoms with Crippen LogP contribution in [0.25, 0.3) is 0 Å². The number of urea groups is 1. The van der Waals surface area contributed by atoms with Crippen molar-refractivity contribution in [2.24, 2.45) is 0 Å². The third-order valence-corrected chi connectivity index (χ3v) is 3.90. The maximum Gasteiger partial charge on any atom is 0.321 e. The van der Waals surface area contributed by atoms with Gasteiger partial charge in [-0.05, 0) is 25.0 Å². The highest BCUT2D eigenvalue weighted by Gasteiger charge is 2.19. The Balaban J connectivity index is 1.82. The summed E-state index contributed by atoms with van der Waals surface area (Å²) in [6, 6.07) is 3.34. The van der Waals surface area contributed by atoms with Crippen molar-refractivity contribution in [3.63, 3.8) is 0 Å². The molecule has 0 aromatic heterocycles. The van der Waals surface area contributed by atoms with Gasteiger partial charge in [0, 0.05) is 17.1 Å². The van der Waals surface area contributed by atoms with E-state index in [1.165, 1.54) is 12.1 Å². The van der Waals surface area contributed by atoms with Crippen LogP contribution >= 0.6 is 11.6 Å². The number of halogens is 1. The predicted molar refractivity (Wildman–Crippen MR) is 87.1 cm³/mol. The van der Waals surface area contributed by atoms with Gasteiger partial charge in [0.2, 0.25) is 0 Å². The molecule has 1 aromatic rings. The van der Waals surface area contributed by atoms with Gasteiger partial charge in [-0.1, -0.05) is 30.9 Å². The van der Waals surface area contributed by atoms with Crippen LogP contribution in [0, 0.1) is 10.1 Å². The molecule has 1 aromatic carbocycles. The molecule has 0 spiro atoms. The van der Waals surface area contributed by atoms with Crippen molar-refractivity contribution in [3.8, 4) is 5.75 Å². The van der Waals surface area contributed by atoms with Crippen LogP contribution in [0.15, 0.2) is 18.2 Å². The van der Waals surface area contributed by atoms with Crippen molar-refractivity contribution in [3.05, 3.63) is 33.3 Å². The number of rotatable bonds is 5. The molecule has 0 unspecified atom stereocenters. The Kier molecular flexibility index (Phi) is 6.36. The summed E-state index contributed by atoms with van der Waals surface area (Å²) in [4.78, 5) is 33.7. The molecule has 1 aliphatic carbocycles. The van der Waals surface area contributed by atoms with E-state index in [0.29, 0.717) is 0 Å². The molecule has 1 fully saturated rings. The average molecular weight is 356 g/mol. The average Bonchev–Trinajstić information content (AvgIpc) is 2.54. The van der Waals surface area contributed by atoms with Gasteiger partial charge in [-0.3, -0.25) is 20.2 Å². The van der Waals surface area contributed by atoms with E-state index >= 15 is 0 Å². The standard InChI is InChI=1S/C15H18ClN3O5/c16-10-6-7-13(12(8-10)19(22)23)24-9-14(20)18-15(21)17-11-4-2-1-3-5-11/h6-8,11H,1-5,9H2,(H2,17,18,20,21). The van der Waals surface area contributed by atoms with E-state index in [9.17, 15) is 19.7 Å². The minimum Gasteiger partial charge on any atom is -0.477 e. The van der Waals surface area contributed by atoms with Gasteiger partial charge in [0.15, 0.2) is 12.4 Å². The molecule has 1 aliphatic rings. The molecular weight excluding hydrogens is 338 g/mol. The van der Waals surface area contributed by atoms with Gasteiger partial charge in [-0.25, -0.2) is 4.79 Å². The first kappa shape index (κ1) is 18.0. The Bertz CT molecular complexity index is 632. The zero-order chi connectivity index (χ0) is 17.5. The largest absolute Gasteiger partial charge is 0.477 e. The van der Waals surface area contributed by atoms with Gasteiger partial charge >= 0.3 is 11.7 Å². The quantitative estimate of drug-likeness (QED) is 0.623. The molecule has 0 atom stereocenters. The number of benzene rings is 1. The summed E-state index contributed by atoms with van der Waals surface area (Å²) < 4.78 is 5.11. The predicted octanol–water partition coefficient (Wildman–Crippen LogP) is 2.79. The lowest BCUT2D eigenvalue weighted by Crippen LogP contribution is -2.46. The van der Waals surface area contributed by atoms with E-state index in [1.54, 1.807) is 0 Å². The summed E-state index contributed by atoms with van der Waals surface area (Å²) in [7, 11) is 0. The van der Waals surface area contributed by atoms with Crippen LogP contribution in [-0.4, -0.2) is 29.5 Å². The van der Waals surface area contributed by atoms with Gasteiger partial charge in [0.25, 0.3) is 5.91 Å². The van der Waals surface area contributed by atoms with Crippen LogP contribution in [0.1, 0.15) is 32.1 Å². The number of nitrogens with zero attached hydrogens (tertiary/aromatic N) is 1. The van der Waals surface area contributed by atoms with E-state index < -0.39 is 23.5 Å². The topological polar surface area (TPSA) is 111 Å². The van der Waals surface area contributed by atoms with Crippen molar-refractivity contribution in [1.82, 2.24) is 10.6 Å². The Morgan fingerprint density at radius 3 is 2.67 bits per heavy atom. The highest BCUT2D eigenvalue weighted by Crippen LogP contribution is 2.29. The van der Waals surface area contributed by atoms with Crippen molar-refractivity contribution in [1.29, 1.82) is 0 Å². The lowest BCUT2D eigenvalue weighted by atomic mass is 9.96. The van der Waals surface area contributed by atoms with Crippen molar-refractivity contribution in [2.45, 2.75) is 38.1 Å². The normalized spacial score (nSPS) is 14.7. The molecule has 0 heterocycles. The van der Waals surface area contributed by atoms with Gasteiger partial charge < -0.3 is 10.1 Å². The number of nitro groups is 1. The van der Waals surface area contributed by atoms with Crippen LogP contribution in [0.3, 0.4) is 0 Å². The van der Waals surface area contributed by atoms with E-state index in [-0.39, 0.29) is 22.5 Å². The summed E-state index contributed by atoms with van der Waals surface area (Å²) >= 11 is 5.69. The minimum absolute atomic E-state index is 0.0739. The smallest absolute Gasteiger partial charge is 0.321 e. The first-order valence-corrected chi connectivity index (χ1v) is 8.00. The third kappa shape index (κ3) is 5.38. The molecule has 2 N–H and O–H groups in total. The number of nitrogens with one attached hydrogen (secondary N) is 2. The van der Waals surface area contributed by atoms with Crippen LogP contribution in [0.2, 0.25) is 5.02 Å². The molecule has 1 saturated carbocycles. The number of imide groups is 1. The summed E-state index contributed by atoms with van der Waals surface area (Å²) in [6.45, 7) is -0.513. The number of carbonyl (C=O) groups is 2. The Morgan fingerprint density at radius 1 is 1.29 bits per heavy atom. The number of carbonyl (C=O) groups excluding carboxylic acids is 2. The fourth-order valence-electron chi connectivity index (χ4n) is 2.53. The van der Waals surface area contributed by atoms with Gasteiger partial charge in [-0.2, -0.15) is 0 Å². The number of ether oxygens (including phenoxy) is 1. The number of hydrogen-bond acceptors (Lipinski definition) is 5. The highest BCUT2D eigenvalue weighted by molar-refractivity contribution is 6.30. The van der Waals surface area contributed by atoms with Crippen molar-refractivity contribution < 1.29 is 19.2 Å². The fourth-order valence-corrected chi connectivity index (χ4v) is 2.70. The molecule has 2 rings (SSSR count). The SMILES string of the molecule is O=C(COc1ccc(Cl)cc1[N+](=O)[O-])NC(=O)NC1CCCCC1. The Hall–Kier alpha value is -2.35. The first-order chi connectivity index (χ1) is 11.5. The van der Waals surface area contributed by atoms with Crippen LogP contribution in [-0.2, 0) is 4.79 Å². The van der Waals surface area contributed by atoms with Crippen LogP contribution < -0.4 is 15.4 Å².